The van der Waals surface area contributed by atoms with Crippen molar-refractivity contribution in [2.45, 2.75) is 44.6 Å². The molecule has 0 amide bonds. The van der Waals surface area contributed by atoms with E-state index in [9.17, 15) is 0 Å². The molecule has 1 N–H and O–H groups in total. The topological polar surface area (TPSA) is 36.9 Å². The first-order valence-electron chi connectivity index (χ1n) is 7.88. The van der Waals surface area contributed by atoms with E-state index in [-0.39, 0.29) is 0 Å². The Morgan fingerprint density at radius 2 is 1.88 bits per heavy atom. The van der Waals surface area contributed by atoms with Crippen molar-refractivity contribution in [1.29, 1.82) is 0 Å². The van der Waals surface area contributed by atoms with Crippen molar-refractivity contribution < 1.29 is 19.4 Å². The maximum atomic E-state index is 4.49. The SMILES string of the molecule is Brc1ccc(CN(I)I)cc1.Cn1nc(C2CCCCC2)[nH][c]1=[Pt]. The van der Waals surface area contributed by atoms with E-state index in [1.165, 1.54) is 43.5 Å². The van der Waals surface area contributed by atoms with E-state index in [1.54, 1.807) is 0 Å². The molecular formula is C16H21BrI2N4Pt. The third-order valence-corrected chi connectivity index (χ3v) is 6.18. The van der Waals surface area contributed by atoms with Gasteiger partial charge in [0.05, 0.1) is 0 Å². The molecule has 1 aromatic heterocycles. The zero-order chi connectivity index (χ0) is 17.5. The summed E-state index contributed by atoms with van der Waals surface area (Å²) in [5.41, 5.74) is 1.33. The van der Waals surface area contributed by atoms with Crippen molar-refractivity contribution in [2.24, 2.45) is 7.05 Å². The Morgan fingerprint density at radius 3 is 2.38 bits per heavy atom. The molecular weight excluding hydrogens is 777 g/mol. The third-order valence-electron chi connectivity index (χ3n) is 3.95. The van der Waals surface area contributed by atoms with Gasteiger partial charge in [-0.25, -0.2) is 0 Å². The number of aryl methyl sites for hydroxylation is 1. The molecule has 0 radical (unpaired) electrons. The van der Waals surface area contributed by atoms with Crippen molar-refractivity contribution in [3.8, 4) is 0 Å². The molecule has 1 heterocycles. The quantitative estimate of drug-likeness (QED) is 0.314. The van der Waals surface area contributed by atoms with Crippen LogP contribution in [0.2, 0.25) is 0 Å². The van der Waals surface area contributed by atoms with Crippen LogP contribution in [0.25, 0.3) is 0 Å². The van der Waals surface area contributed by atoms with Gasteiger partial charge in [0.2, 0.25) is 0 Å². The van der Waals surface area contributed by atoms with Gasteiger partial charge in [-0.05, 0) is 17.7 Å². The van der Waals surface area contributed by atoms with Gasteiger partial charge in [-0.1, -0.05) is 28.1 Å². The third kappa shape index (κ3) is 7.29. The Hall–Kier alpha value is 0.948. The zero-order valence-electron chi connectivity index (χ0n) is 13.4. The summed E-state index contributed by atoms with van der Waals surface area (Å²) >= 11 is 10.2. The van der Waals surface area contributed by atoms with Crippen molar-refractivity contribution in [2.75, 3.05) is 0 Å². The number of benzene rings is 1. The number of H-pyrrole nitrogens is 1. The minimum atomic E-state index is 0.684. The second-order valence-corrected chi connectivity index (χ2v) is 12.0. The molecule has 24 heavy (non-hydrogen) atoms. The Bertz CT molecular complexity index is 678. The zero-order valence-corrected chi connectivity index (χ0v) is 21.6. The number of nitrogens with one attached hydrogen (secondary N) is 1. The van der Waals surface area contributed by atoms with Crippen LogP contribution in [0.4, 0.5) is 0 Å². The van der Waals surface area contributed by atoms with Crippen LogP contribution >= 0.6 is 61.7 Å². The standard InChI is InChI=1S/C9H15N3.C7H6BrI2N.Pt/c1-12-7-10-9(11-12)8-5-3-2-4-6-8;8-7-3-1-6(2-4-7)5-11(9)10;/h8H,2-6H2,1H3,(H,10,11);1-4H,5H2;. The summed E-state index contributed by atoms with van der Waals surface area (Å²) < 4.78 is 6.28. The van der Waals surface area contributed by atoms with Crippen LogP contribution in [-0.2, 0) is 32.9 Å². The molecule has 0 unspecified atom stereocenters. The molecule has 1 aromatic carbocycles. The fourth-order valence-corrected chi connectivity index (χ4v) is 4.15. The molecule has 0 spiro atoms. The second kappa shape index (κ2) is 10.9. The van der Waals surface area contributed by atoms with Crippen LogP contribution in [0.1, 0.15) is 49.4 Å². The molecule has 1 aliphatic carbocycles. The van der Waals surface area contributed by atoms with Crippen molar-refractivity contribution >= 4 is 61.7 Å². The van der Waals surface area contributed by atoms with Crippen molar-refractivity contribution in [3.05, 3.63) is 43.9 Å². The number of hydrogen-bond donors (Lipinski definition) is 1. The van der Waals surface area contributed by atoms with Gasteiger partial charge in [0.1, 0.15) is 0 Å². The van der Waals surface area contributed by atoms with E-state index in [0.29, 0.717) is 5.92 Å². The summed E-state index contributed by atoms with van der Waals surface area (Å²) in [6.45, 7) is 0.981. The fourth-order valence-electron chi connectivity index (χ4n) is 2.69. The first-order valence-corrected chi connectivity index (χ1v) is 11.7. The maximum absolute atomic E-state index is 4.49. The summed E-state index contributed by atoms with van der Waals surface area (Å²) in [6.07, 6.45) is 6.76. The minimum absolute atomic E-state index is 0.684. The van der Waals surface area contributed by atoms with Crippen LogP contribution < -0.4 is 0 Å². The molecule has 4 nitrogen and oxygen atoms in total. The Morgan fingerprint density at radius 1 is 1.25 bits per heavy atom. The molecule has 0 saturated heterocycles. The average molecular weight is 798 g/mol. The molecule has 0 bridgehead atoms. The van der Waals surface area contributed by atoms with Gasteiger partial charge in [-0.3, -0.25) is 0 Å². The first-order chi connectivity index (χ1) is 11.5. The summed E-state index contributed by atoms with van der Waals surface area (Å²) in [5.74, 6) is 1.87. The van der Waals surface area contributed by atoms with E-state index in [4.69, 9.17) is 0 Å². The second-order valence-electron chi connectivity index (χ2n) is 5.82. The van der Waals surface area contributed by atoms with Gasteiger partial charge in [0.25, 0.3) is 0 Å². The Balaban J connectivity index is 0.000000177. The number of halogens is 3. The van der Waals surface area contributed by atoms with Crippen molar-refractivity contribution in [1.82, 2.24) is 16.1 Å². The van der Waals surface area contributed by atoms with Gasteiger partial charge in [-0.2, -0.15) is 1.33 Å². The number of rotatable bonds is 3. The number of aromatic amines is 1. The summed E-state index contributed by atoms with van der Waals surface area (Å²) in [4.78, 5) is 3.35. The number of hydrogen-bond acceptors (Lipinski definition) is 2. The molecule has 0 atom stereocenters. The molecule has 2 aromatic rings. The molecule has 1 aliphatic rings. The molecule has 3 rings (SSSR count). The molecule has 136 valence electrons. The Kier molecular flexibility index (Phi) is 9.69. The Labute approximate surface area is 190 Å². The predicted molar refractivity (Wildman–Crippen MR) is 114 cm³/mol. The van der Waals surface area contributed by atoms with Gasteiger partial charge in [0, 0.05) is 56.7 Å². The van der Waals surface area contributed by atoms with Gasteiger partial charge in [-0.15, -0.1) is 0 Å². The van der Waals surface area contributed by atoms with Crippen molar-refractivity contribution in [3.63, 3.8) is 0 Å². The van der Waals surface area contributed by atoms with Crippen LogP contribution in [0.5, 0.6) is 0 Å². The number of nitrogens with zero attached hydrogens (tertiary/aromatic N) is 3. The van der Waals surface area contributed by atoms with Crippen LogP contribution in [0.3, 0.4) is 0 Å². The first kappa shape index (κ1) is 21.3. The van der Waals surface area contributed by atoms with E-state index in [1.807, 2.05) is 11.7 Å². The fraction of sp³-hybridized carbons (Fsp3) is 0.500. The molecule has 0 aliphatic heterocycles. The van der Waals surface area contributed by atoms with E-state index in [0.717, 1.165) is 14.8 Å². The van der Waals surface area contributed by atoms with E-state index >= 15 is 0 Å². The average Bonchev–Trinajstić information content (AvgIpc) is 2.90. The van der Waals surface area contributed by atoms with Crippen LogP contribution in [0.15, 0.2) is 28.7 Å². The van der Waals surface area contributed by atoms with Gasteiger partial charge in [0.15, 0.2) is 0 Å². The summed E-state index contributed by atoms with van der Waals surface area (Å²) in [5, 5.41) is 4.49. The van der Waals surface area contributed by atoms with E-state index < -0.39 is 0 Å². The molecule has 8 heteroatoms. The number of aromatic nitrogens is 3. The van der Waals surface area contributed by atoms with E-state index in [2.05, 4.69) is 117 Å². The van der Waals surface area contributed by atoms with Gasteiger partial charge < -0.3 is 0 Å². The predicted octanol–water partition coefficient (Wildman–Crippen LogP) is 5.83. The van der Waals surface area contributed by atoms with Gasteiger partial charge >= 0.3 is 88.8 Å². The molecule has 1 saturated carbocycles. The van der Waals surface area contributed by atoms with Crippen LogP contribution in [-0.4, -0.2) is 16.1 Å². The monoisotopic (exact) mass is 797 g/mol. The summed E-state index contributed by atoms with van der Waals surface area (Å²) in [7, 11) is 1.99. The molecule has 1 fully saturated rings. The van der Waals surface area contributed by atoms with Crippen LogP contribution in [0, 0.1) is 3.80 Å². The summed E-state index contributed by atoms with van der Waals surface area (Å²) in [6, 6.07) is 8.36. The normalized spacial score (nSPS) is 15.3.